The maximum Gasteiger partial charge on any atom is 0.339 e. The van der Waals surface area contributed by atoms with Gasteiger partial charge < -0.3 is 9.84 Å². The van der Waals surface area contributed by atoms with Crippen LogP contribution in [0.2, 0.25) is 5.02 Å². The molecule has 0 bridgehead atoms. The van der Waals surface area contributed by atoms with E-state index >= 15 is 0 Å². The molecule has 1 aliphatic heterocycles. The summed E-state index contributed by atoms with van der Waals surface area (Å²) in [5.41, 5.74) is 4.32. The number of carbonyl (C=O) groups is 3. The number of rotatable bonds is 6. The van der Waals surface area contributed by atoms with E-state index in [4.69, 9.17) is 16.3 Å². The number of carboxylic acids is 1. The lowest BCUT2D eigenvalue weighted by Crippen LogP contribution is -2.27. The first-order valence-electron chi connectivity index (χ1n) is 12.8. The lowest BCUT2D eigenvalue weighted by molar-refractivity contribution is -0.143. The van der Waals surface area contributed by atoms with Crippen LogP contribution in [-0.2, 0) is 16.0 Å². The van der Waals surface area contributed by atoms with Gasteiger partial charge in [0, 0.05) is 11.1 Å². The minimum atomic E-state index is -1.22. The first-order chi connectivity index (χ1) is 18.0. The fourth-order valence-corrected chi connectivity index (χ4v) is 5.36. The molecule has 3 aromatic carbocycles. The highest BCUT2D eigenvalue weighted by molar-refractivity contribution is 6.31. The van der Waals surface area contributed by atoms with Crippen molar-refractivity contribution in [3.8, 4) is 5.75 Å². The number of hydrogen-bond acceptors (Lipinski definition) is 4. The Hall–Kier alpha value is -3.64. The summed E-state index contributed by atoms with van der Waals surface area (Å²) in [4.78, 5) is 40.2. The van der Waals surface area contributed by atoms with Gasteiger partial charge in [0.25, 0.3) is 0 Å². The number of nitrogens with zero attached hydrogens (tertiary/aromatic N) is 1. The van der Waals surface area contributed by atoms with E-state index in [-0.39, 0.29) is 17.2 Å². The van der Waals surface area contributed by atoms with E-state index in [1.807, 2.05) is 37.3 Å². The third-order valence-corrected chi connectivity index (χ3v) is 7.61. The van der Waals surface area contributed by atoms with E-state index < -0.39 is 23.3 Å². The van der Waals surface area contributed by atoms with Crippen LogP contribution in [0.5, 0.6) is 5.75 Å². The molecule has 1 unspecified atom stereocenters. The number of benzene rings is 3. The topological polar surface area (TPSA) is 83.9 Å². The molecule has 7 heteroatoms. The zero-order valence-electron chi connectivity index (χ0n) is 21.9. The van der Waals surface area contributed by atoms with Crippen molar-refractivity contribution in [2.45, 2.75) is 58.8 Å². The van der Waals surface area contributed by atoms with Crippen LogP contribution in [0, 0.1) is 12.3 Å². The summed E-state index contributed by atoms with van der Waals surface area (Å²) in [6, 6.07) is 16.1. The molecule has 1 heterocycles. The highest BCUT2D eigenvalue weighted by Gasteiger charge is 2.41. The molecular weight excluding hydrogens is 502 g/mol. The Morgan fingerprint density at radius 1 is 1.08 bits per heavy atom. The Morgan fingerprint density at radius 2 is 1.79 bits per heavy atom. The van der Waals surface area contributed by atoms with Crippen LogP contribution in [-0.4, -0.2) is 23.0 Å². The van der Waals surface area contributed by atoms with E-state index in [0.29, 0.717) is 23.0 Å². The van der Waals surface area contributed by atoms with Crippen LogP contribution in [0.15, 0.2) is 54.6 Å². The van der Waals surface area contributed by atoms with Crippen LogP contribution < -0.4 is 9.64 Å². The van der Waals surface area contributed by atoms with E-state index in [1.54, 1.807) is 31.7 Å². The molecule has 0 radical (unpaired) electrons. The summed E-state index contributed by atoms with van der Waals surface area (Å²) in [5.74, 6) is -1.99. The average Bonchev–Trinajstić information content (AvgIpc) is 3.64. The van der Waals surface area contributed by atoms with Crippen molar-refractivity contribution < 1.29 is 24.2 Å². The summed E-state index contributed by atoms with van der Waals surface area (Å²) in [6.07, 6.45) is 2.72. The van der Waals surface area contributed by atoms with Crippen molar-refractivity contribution in [1.29, 1.82) is 0 Å². The average molecular weight is 532 g/mol. The molecule has 6 nitrogen and oxygen atoms in total. The van der Waals surface area contributed by atoms with Gasteiger partial charge in [0.15, 0.2) is 0 Å². The predicted molar refractivity (Wildman–Crippen MR) is 147 cm³/mol. The van der Waals surface area contributed by atoms with Crippen molar-refractivity contribution in [2.75, 3.05) is 4.90 Å². The van der Waals surface area contributed by atoms with Gasteiger partial charge in [-0.1, -0.05) is 35.9 Å². The quantitative estimate of drug-likeness (QED) is 0.269. The fourth-order valence-electron chi connectivity index (χ4n) is 5.10. The van der Waals surface area contributed by atoms with Gasteiger partial charge in [-0.3, -0.25) is 14.5 Å². The Labute approximate surface area is 227 Å². The molecule has 2 aliphatic rings. The maximum absolute atomic E-state index is 14.1. The SMILES string of the molecule is Cc1cccc2c1C(Cc1c(Cl)cccc1C1CC1)C(=O)N2c1ccc(C(=O)O)c(OC(=O)C(C)(C)C)c1. The lowest BCUT2D eigenvalue weighted by Gasteiger charge is -2.22. The number of aromatic carboxylic acids is 1. The van der Waals surface area contributed by atoms with Gasteiger partial charge in [0.1, 0.15) is 11.3 Å². The Balaban J connectivity index is 1.58. The summed E-state index contributed by atoms with van der Waals surface area (Å²) in [5, 5.41) is 10.4. The van der Waals surface area contributed by atoms with Gasteiger partial charge in [0.2, 0.25) is 5.91 Å². The minimum absolute atomic E-state index is 0.0949. The minimum Gasteiger partial charge on any atom is -0.478 e. The largest absolute Gasteiger partial charge is 0.478 e. The zero-order chi connectivity index (χ0) is 27.4. The summed E-state index contributed by atoms with van der Waals surface area (Å²) >= 11 is 6.67. The second kappa shape index (κ2) is 9.59. The Morgan fingerprint density at radius 3 is 2.45 bits per heavy atom. The number of carbonyl (C=O) groups excluding carboxylic acids is 2. The molecule has 38 heavy (non-hydrogen) atoms. The van der Waals surface area contributed by atoms with Crippen molar-refractivity contribution in [1.82, 2.24) is 0 Å². The Kier molecular flexibility index (Phi) is 6.56. The standard InChI is InChI=1S/C31H30ClNO5/c1-17-7-5-10-25-27(17)23(16-22-20(18-11-12-18)8-6-9-24(22)32)28(34)33(25)19-13-14-21(29(35)36)26(15-19)38-30(37)31(2,3)4/h5-10,13-15,18,23H,11-12,16H2,1-4H3,(H,35,36). The molecule has 5 rings (SSSR count). The fraction of sp³-hybridized carbons (Fsp3) is 0.323. The second-order valence-electron chi connectivity index (χ2n) is 11.1. The maximum atomic E-state index is 14.1. The molecule has 0 aromatic heterocycles. The van der Waals surface area contributed by atoms with Crippen LogP contribution in [0.3, 0.4) is 0 Å². The number of anilines is 2. The predicted octanol–water partition coefficient (Wildman–Crippen LogP) is 7.18. The number of fused-ring (bicyclic) bond motifs is 1. The smallest absolute Gasteiger partial charge is 0.339 e. The lowest BCUT2D eigenvalue weighted by atomic mass is 9.87. The van der Waals surface area contributed by atoms with Crippen molar-refractivity contribution in [3.63, 3.8) is 0 Å². The zero-order valence-corrected chi connectivity index (χ0v) is 22.6. The number of ether oxygens (including phenoxy) is 1. The van der Waals surface area contributed by atoms with Crippen LogP contribution in [0.25, 0.3) is 0 Å². The molecule has 1 aliphatic carbocycles. The Bertz CT molecular complexity index is 1470. The van der Waals surface area contributed by atoms with Gasteiger partial charge in [-0.2, -0.15) is 0 Å². The number of esters is 1. The van der Waals surface area contributed by atoms with Gasteiger partial charge in [-0.05, 0) is 99.4 Å². The van der Waals surface area contributed by atoms with Crippen LogP contribution in [0.1, 0.15) is 78.1 Å². The van der Waals surface area contributed by atoms with Gasteiger partial charge in [-0.15, -0.1) is 0 Å². The molecule has 3 aromatic rings. The van der Waals surface area contributed by atoms with Gasteiger partial charge >= 0.3 is 11.9 Å². The van der Waals surface area contributed by atoms with Crippen LogP contribution in [0.4, 0.5) is 11.4 Å². The molecule has 1 N–H and O–H groups in total. The molecular formula is C31H30ClNO5. The normalized spacial score (nSPS) is 16.9. The molecule has 1 fully saturated rings. The van der Waals surface area contributed by atoms with Crippen molar-refractivity contribution >= 4 is 40.8 Å². The van der Waals surface area contributed by atoms with Crippen molar-refractivity contribution in [2.24, 2.45) is 5.41 Å². The third-order valence-electron chi connectivity index (χ3n) is 7.26. The number of aryl methyl sites for hydroxylation is 1. The second-order valence-corrected chi connectivity index (χ2v) is 11.6. The summed E-state index contributed by atoms with van der Waals surface area (Å²) < 4.78 is 5.53. The highest BCUT2D eigenvalue weighted by Crippen LogP contribution is 2.49. The molecule has 0 saturated heterocycles. The van der Waals surface area contributed by atoms with E-state index in [2.05, 4.69) is 6.07 Å². The first kappa shape index (κ1) is 26.0. The summed E-state index contributed by atoms with van der Waals surface area (Å²) in [6.45, 7) is 7.06. The van der Waals surface area contributed by atoms with E-state index in [9.17, 15) is 19.5 Å². The molecule has 1 atom stereocenters. The van der Waals surface area contributed by atoms with Gasteiger partial charge in [-0.25, -0.2) is 4.79 Å². The van der Waals surface area contributed by atoms with E-state index in [0.717, 1.165) is 35.2 Å². The van der Waals surface area contributed by atoms with Crippen molar-refractivity contribution in [3.05, 3.63) is 87.4 Å². The highest BCUT2D eigenvalue weighted by atomic mass is 35.5. The monoisotopic (exact) mass is 531 g/mol. The number of halogens is 1. The number of carboxylic acid groups (broad SMARTS) is 1. The molecule has 0 spiro atoms. The number of hydrogen-bond donors (Lipinski definition) is 1. The van der Waals surface area contributed by atoms with Crippen LogP contribution >= 0.6 is 11.6 Å². The molecule has 1 amide bonds. The third kappa shape index (κ3) is 4.69. The number of amides is 1. The molecule has 196 valence electrons. The first-order valence-corrected chi connectivity index (χ1v) is 13.2. The van der Waals surface area contributed by atoms with Gasteiger partial charge in [0.05, 0.1) is 22.7 Å². The van der Waals surface area contributed by atoms with E-state index in [1.165, 1.54) is 17.7 Å². The summed E-state index contributed by atoms with van der Waals surface area (Å²) in [7, 11) is 0. The molecule has 1 saturated carbocycles.